The number of imidazole rings is 1. The van der Waals surface area contributed by atoms with E-state index in [0.29, 0.717) is 18.0 Å². The number of benzene rings is 2. The number of aromatic amines is 1. The molecule has 1 amide bonds. The molecule has 1 saturated carbocycles. The quantitative estimate of drug-likeness (QED) is 0.336. The molecule has 7 nitrogen and oxygen atoms in total. The van der Waals surface area contributed by atoms with E-state index in [1.54, 1.807) is 0 Å². The van der Waals surface area contributed by atoms with Crippen LogP contribution in [-0.2, 0) is 16.8 Å². The van der Waals surface area contributed by atoms with Crippen molar-refractivity contribution in [1.82, 2.24) is 14.9 Å². The number of halogens is 1. The third-order valence-corrected chi connectivity index (χ3v) is 6.68. The molecule has 0 spiro atoms. The standard InChI is InChI=1S/C24H28N6O.ClH/c1-15-18(24(10-11-24)23(31)30-12-2-3-13-30)8-9-19-21(15)29-20(28-19)14-27-17-6-4-16(5-7-17)22(25)26;/h4-9,27H,2-3,10-14H2,1H3,(H3,25,26)(H,28,29);1H. The number of nitrogens with one attached hydrogen (secondary N) is 3. The van der Waals surface area contributed by atoms with Crippen LogP contribution in [0.1, 0.15) is 48.2 Å². The molecule has 5 rings (SSSR count). The summed E-state index contributed by atoms with van der Waals surface area (Å²) in [5.74, 6) is 1.22. The number of nitrogen functional groups attached to an aromatic ring is 1. The number of aryl methyl sites for hydroxylation is 1. The molecule has 2 heterocycles. The Labute approximate surface area is 193 Å². The number of carbonyl (C=O) groups is 1. The lowest BCUT2D eigenvalue weighted by Crippen LogP contribution is -2.37. The van der Waals surface area contributed by atoms with Crippen LogP contribution in [0.15, 0.2) is 36.4 Å². The molecule has 1 aromatic heterocycles. The van der Waals surface area contributed by atoms with Crippen LogP contribution in [0, 0.1) is 12.3 Å². The van der Waals surface area contributed by atoms with Crippen LogP contribution in [0.5, 0.6) is 0 Å². The molecule has 3 aromatic rings. The monoisotopic (exact) mass is 452 g/mol. The van der Waals surface area contributed by atoms with E-state index in [1.165, 1.54) is 0 Å². The average molecular weight is 453 g/mol. The Morgan fingerprint density at radius 2 is 1.88 bits per heavy atom. The summed E-state index contributed by atoms with van der Waals surface area (Å²) in [6.45, 7) is 4.44. The van der Waals surface area contributed by atoms with E-state index in [1.807, 2.05) is 29.2 Å². The number of H-pyrrole nitrogens is 1. The van der Waals surface area contributed by atoms with Gasteiger partial charge in [0.15, 0.2) is 0 Å². The molecule has 2 aliphatic rings. The first-order chi connectivity index (χ1) is 15.0. The van der Waals surface area contributed by atoms with Gasteiger partial charge in [0.2, 0.25) is 5.91 Å². The SMILES string of the molecule is Cc1c(C2(C(=O)N3CCCC3)CC2)ccc2[nH]c(CNc3ccc(C(=N)N)cc3)nc12.Cl. The first kappa shape index (κ1) is 22.1. The summed E-state index contributed by atoms with van der Waals surface area (Å²) < 4.78 is 0. The number of aromatic nitrogens is 2. The van der Waals surface area contributed by atoms with Crippen molar-refractivity contribution in [2.24, 2.45) is 5.73 Å². The van der Waals surface area contributed by atoms with Crippen molar-refractivity contribution in [2.45, 2.75) is 44.6 Å². The Hall–Kier alpha value is -3.06. The van der Waals surface area contributed by atoms with Gasteiger partial charge in [0.1, 0.15) is 11.7 Å². The number of carbonyl (C=O) groups excluding carboxylic acids is 1. The molecule has 168 valence electrons. The van der Waals surface area contributed by atoms with Gasteiger partial charge in [0.05, 0.1) is 23.0 Å². The van der Waals surface area contributed by atoms with Crippen LogP contribution in [0.4, 0.5) is 5.69 Å². The van der Waals surface area contributed by atoms with Crippen molar-refractivity contribution >= 4 is 40.9 Å². The molecule has 0 unspecified atom stereocenters. The number of anilines is 1. The Morgan fingerprint density at radius 3 is 2.50 bits per heavy atom. The minimum atomic E-state index is -0.335. The molecule has 8 heteroatoms. The minimum absolute atomic E-state index is 0. The minimum Gasteiger partial charge on any atom is -0.384 e. The number of amides is 1. The first-order valence-electron chi connectivity index (χ1n) is 10.9. The second kappa shape index (κ2) is 8.47. The third-order valence-electron chi connectivity index (χ3n) is 6.68. The van der Waals surface area contributed by atoms with E-state index in [4.69, 9.17) is 16.1 Å². The maximum atomic E-state index is 13.2. The fourth-order valence-corrected chi connectivity index (χ4v) is 4.77. The van der Waals surface area contributed by atoms with Crippen molar-refractivity contribution in [3.05, 3.63) is 58.9 Å². The van der Waals surface area contributed by atoms with Gasteiger partial charge in [-0.05, 0) is 74.1 Å². The van der Waals surface area contributed by atoms with Crippen molar-refractivity contribution in [1.29, 1.82) is 5.41 Å². The van der Waals surface area contributed by atoms with Crippen LogP contribution in [0.25, 0.3) is 11.0 Å². The van der Waals surface area contributed by atoms with Gasteiger partial charge in [-0.1, -0.05) is 6.07 Å². The smallest absolute Gasteiger partial charge is 0.233 e. The molecular weight excluding hydrogens is 424 g/mol. The number of nitrogens with zero attached hydrogens (tertiary/aromatic N) is 2. The zero-order valence-corrected chi connectivity index (χ0v) is 19.0. The molecule has 0 bridgehead atoms. The Bertz CT molecular complexity index is 1160. The number of hydrogen-bond donors (Lipinski definition) is 4. The molecule has 32 heavy (non-hydrogen) atoms. The van der Waals surface area contributed by atoms with Gasteiger partial charge in [-0.2, -0.15) is 0 Å². The lowest BCUT2D eigenvalue weighted by Gasteiger charge is -2.24. The maximum Gasteiger partial charge on any atom is 0.233 e. The number of fused-ring (bicyclic) bond motifs is 1. The summed E-state index contributed by atoms with van der Waals surface area (Å²) in [5.41, 5.74) is 11.0. The summed E-state index contributed by atoms with van der Waals surface area (Å²) in [6.07, 6.45) is 4.10. The van der Waals surface area contributed by atoms with Gasteiger partial charge >= 0.3 is 0 Å². The van der Waals surface area contributed by atoms with Gasteiger partial charge in [0.25, 0.3) is 0 Å². The van der Waals surface area contributed by atoms with E-state index in [0.717, 1.165) is 72.4 Å². The number of hydrogen-bond acceptors (Lipinski definition) is 4. The number of likely N-dealkylation sites (tertiary alicyclic amines) is 1. The molecule has 0 atom stereocenters. The van der Waals surface area contributed by atoms with Gasteiger partial charge in [-0.3, -0.25) is 10.2 Å². The molecule has 1 saturated heterocycles. The van der Waals surface area contributed by atoms with Crippen molar-refractivity contribution < 1.29 is 4.79 Å². The van der Waals surface area contributed by atoms with Crippen LogP contribution in [0.3, 0.4) is 0 Å². The van der Waals surface area contributed by atoms with E-state index < -0.39 is 0 Å². The average Bonchev–Trinajstić information content (AvgIpc) is 3.20. The second-order valence-corrected chi connectivity index (χ2v) is 8.74. The van der Waals surface area contributed by atoms with Crippen molar-refractivity contribution in [3.63, 3.8) is 0 Å². The maximum absolute atomic E-state index is 13.2. The molecule has 0 radical (unpaired) electrons. The van der Waals surface area contributed by atoms with Crippen molar-refractivity contribution in [2.75, 3.05) is 18.4 Å². The molecule has 1 aliphatic carbocycles. The molecule has 2 fully saturated rings. The summed E-state index contributed by atoms with van der Waals surface area (Å²) in [5, 5.41) is 10.8. The van der Waals surface area contributed by atoms with Gasteiger partial charge in [-0.25, -0.2) is 4.98 Å². The predicted molar refractivity (Wildman–Crippen MR) is 130 cm³/mol. The molecular formula is C24H29ClN6O. The summed E-state index contributed by atoms with van der Waals surface area (Å²) >= 11 is 0. The largest absolute Gasteiger partial charge is 0.384 e. The highest BCUT2D eigenvalue weighted by Gasteiger charge is 2.54. The Balaban J connectivity index is 0.00000245. The van der Waals surface area contributed by atoms with Crippen LogP contribution < -0.4 is 11.1 Å². The summed E-state index contributed by atoms with van der Waals surface area (Å²) in [4.78, 5) is 23.5. The zero-order chi connectivity index (χ0) is 21.6. The molecule has 2 aromatic carbocycles. The highest BCUT2D eigenvalue weighted by atomic mass is 35.5. The van der Waals surface area contributed by atoms with Gasteiger partial charge in [0, 0.05) is 24.3 Å². The van der Waals surface area contributed by atoms with Crippen LogP contribution >= 0.6 is 12.4 Å². The number of rotatable bonds is 6. The summed E-state index contributed by atoms with van der Waals surface area (Å²) in [7, 11) is 0. The third kappa shape index (κ3) is 3.81. The number of nitrogens with two attached hydrogens (primary N) is 1. The molecule has 5 N–H and O–H groups in total. The fourth-order valence-electron chi connectivity index (χ4n) is 4.77. The lowest BCUT2D eigenvalue weighted by molar-refractivity contribution is -0.132. The summed E-state index contributed by atoms with van der Waals surface area (Å²) in [6, 6.07) is 11.6. The zero-order valence-electron chi connectivity index (χ0n) is 18.2. The Morgan fingerprint density at radius 1 is 1.19 bits per heavy atom. The van der Waals surface area contributed by atoms with Crippen LogP contribution in [0.2, 0.25) is 0 Å². The van der Waals surface area contributed by atoms with E-state index in [-0.39, 0.29) is 23.7 Å². The van der Waals surface area contributed by atoms with Gasteiger partial charge in [-0.15, -0.1) is 12.4 Å². The predicted octanol–water partition coefficient (Wildman–Crippen LogP) is 3.84. The van der Waals surface area contributed by atoms with Crippen molar-refractivity contribution in [3.8, 4) is 0 Å². The van der Waals surface area contributed by atoms with Crippen LogP contribution in [-0.4, -0.2) is 39.7 Å². The highest BCUT2D eigenvalue weighted by Crippen LogP contribution is 2.51. The number of amidine groups is 1. The second-order valence-electron chi connectivity index (χ2n) is 8.74. The first-order valence-corrected chi connectivity index (χ1v) is 10.9. The van der Waals surface area contributed by atoms with E-state index in [9.17, 15) is 4.79 Å². The van der Waals surface area contributed by atoms with Gasteiger partial charge < -0.3 is 20.9 Å². The topological polar surface area (TPSA) is 111 Å². The highest BCUT2D eigenvalue weighted by molar-refractivity contribution is 5.95. The van der Waals surface area contributed by atoms with E-state index >= 15 is 0 Å². The van der Waals surface area contributed by atoms with E-state index in [2.05, 4.69) is 29.4 Å². The lowest BCUT2D eigenvalue weighted by atomic mass is 9.90. The molecule has 1 aliphatic heterocycles. The fraction of sp³-hybridized carbons (Fsp3) is 0.375. The Kier molecular flexibility index (Phi) is 5.86. The normalized spacial score (nSPS) is 16.6.